The molecule has 2 amide bonds. The van der Waals surface area contributed by atoms with Crippen LogP contribution in [0, 0.1) is 0 Å². The molecule has 1 saturated heterocycles. The number of hydrogen-bond donors (Lipinski definition) is 3. The number of carbonyl (C=O) groups excluding carboxylic acids is 2. The van der Waals surface area contributed by atoms with Gasteiger partial charge in [0.15, 0.2) is 0 Å². The summed E-state index contributed by atoms with van der Waals surface area (Å²) >= 11 is 0. The van der Waals surface area contributed by atoms with Crippen LogP contribution in [0.4, 0.5) is 0 Å². The summed E-state index contributed by atoms with van der Waals surface area (Å²) in [5.41, 5.74) is 0.928. The van der Waals surface area contributed by atoms with E-state index in [2.05, 4.69) is 0 Å². The first-order valence-corrected chi connectivity index (χ1v) is 8.51. The molecule has 0 atom stereocenters. The zero-order valence-corrected chi connectivity index (χ0v) is 14.6. The first-order chi connectivity index (χ1) is 12.9. The summed E-state index contributed by atoms with van der Waals surface area (Å²) in [5.74, 6) is -0.508. The van der Waals surface area contributed by atoms with Gasteiger partial charge in [0.05, 0.1) is 0 Å². The van der Waals surface area contributed by atoms with Crippen LogP contribution in [0.1, 0.15) is 15.9 Å². The third kappa shape index (κ3) is 4.58. The van der Waals surface area contributed by atoms with Gasteiger partial charge in [-0.05, 0) is 42.0 Å². The Morgan fingerprint density at radius 3 is 2.07 bits per heavy atom. The molecule has 7 nitrogen and oxygen atoms in total. The van der Waals surface area contributed by atoms with Gasteiger partial charge in [-0.2, -0.15) is 0 Å². The number of rotatable bonds is 3. The summed E-state index contributed by atoms with van der Waals surface area (Å²) in [6.07, 6.45) is 2.90. The van der Waals surface area contributed by atoms with E-state index in [1.54, 1.807) is 21.9 Å². The van der Waals surface area contributed by atoms with Gasteiger partial charge in [0.1, 0.15) is 17.2 Å². The molecule has 7 heteroatoms. The van der Waals surface area contributed by atoms with E-state index in [0.29, 0.717) is 37.3 Å². The molecular formula is C20H20N2O5. The Kier molecular flexibility index (Phi) is 5.30. The van der Waals surface area contributed by atoms with E-state index in [1.165, 1.54) is 42.5 Å². The highest BCUT2D eigenvalue weighted by Gasteiger charge is 2.24. The fourth-order valence-electron chi connectivity index (χ4n) is 2.94. The van der Waals surface area contributed by atoms with Crippen LogP contribution in [0.2, 0.25) is 0 Å². The van der Waals surface area contributed by atoms with Gasteiger partial charge in [0.2, 0.25) is 5.91 Å². The Labute approximate surface area is 156 Å². The summed E-state index contributed by atoms with van der Waals surface area (Å²) < 4.78 is 0. The molecule has 1 fully saturated rings. The maximum absolute atomic E-state index is 12.5. The summed E-state index contributed by atoms with van der Waals surface area (Å²) in [5, 5.41) is 28.4. The fourth-order valence-corrected chi connectivity index (χ4v) is 2.94. The molecule has 2 aromatic carbocycles. The largest absolute Gasteiger partial charge is 0.508 e. The molecule has 0 radical (unpaired) electrons. The number of carbonyl (C=O) groups is 2. The first-order valence-electron chi connectivity index (χ1n) is 8.51. The minimum Gasteiger partial charge on any atom is -0.508 e. The van der Waals surface area contributed by atoms with E-state index < -0.39 is 0 Å². The molecule has 140 valence electrons. The summed E-state index contributed by atoms with van der Waals surface area (Å²) in [6, 6.07) is 10.3. The summed E-state index contributed by atoms with van der Waals surface area (Å²) in [7, 11) is 0. The number of aromatic hydroxyl groups is 3. The molecule has 3 rings (SSSR count). The van der Waals surface area contributed by atoms with Gasteiger partial charge in [0, 0.05) is 43.9 Å². The lowest BCUT2D eigenvalue weighted by atomic mass is 10.1. The molecular weight excluding hydrogens is 348 g/mol. The first kappa shape index (κ1) is 18.3. The maximum atomic E-state index is 12.5. The van der Waals surface area contributed by atoms with Crippen molar-refractivity contribution in [1.82, 2.24) is 9.80 Å². The quantitative estimate of drug-likeness (QED) is 0.717. The van der Waals surface area contributed by atoms with Gasteiger partial charge in [-0.15, -0.1) is 0 Å². The van der Waals surface area contributed by atoms with Crippen LogP contribution in [-0.2, 0) is 4.79 Å². The van der Waals surface area contributed by atoms with Crippen LogP contribution in [0.5, 0.6) is 17.2 Å². The van der Waals surface area contributed by atoms with Crippen molar-refractivity contribution in [2.75, 3.05) is 26.2 Å². The number of phenolic OH excluding ortho intramolecular Hbond substituents is 3. The monoisotopic (exact) mass is 368 g/mol. The number of benzene rings is 2. The molecule has 0 spiro atoms. The van der Waals surface area contributed by atoms with E-state index in [1.807, 2.05) is 0 Å². The molecule has 0 bridgehead atoms. The smallest absolute Gasteiger partial charge is 0.254 e. The highest BCUT2D eigenvalue weighted by molar-refractivity contribution is 5.95. The van der Waals surface area contributed by atoms with Gasteiger partial charge in [0.25, 0.3) is 5.91 Å². The number of nitrogens with zero attached hydrogens (tertiary/aromatic N) is 2. The van der Waals surface area contributed by atoms with Crippen molar-refractivity contribution in [1.29, 1.82) is 0 Å². The van der Waals surface area contributed by atoms with E-state index in [0.717, 1.165) is 0 Å². The van der Waals surface area contributed by atoms with Crippen LogP contribution in [0.15, 0.2) is 48.5 Å². The van der Waals surface area contributed by atoms with Crippen LogP contribution in [-0.4, -0.2) is 63.1 Å². The van der Waals surface area contributed by atoms with Crippen molar-refractivity contribution >= 4 is 17.9 Å². The van der Waals surface area contributed by atoms with Crippen LogP contribution >= 0.6 is 0 Å². The Morgan fingerprint density at radius 1 is 0.815 bits per heavy atom. The van der Waals surface area contributed by atoms with Crippen molar-refractivity contribution in [2.24, 2.45) is 0 Å². The molecule has 1 aliphatic heterocycles. The van der Waals surface area contributed by atoms with Crippen molar-refractivity contribution in [3.8, 4) is 17.2 Å². The van der Waals surface area contributed by atoms with Crippen LogP contribution in [0.3, 0.4) is 0 Å². The second-order valence-electron chi connectivity index (χ2n) is 6.28. The van der Waals surface area contributed by atoms with Crippen LogP contribution < -0.4 is 0 Å². The van der Waals surface area contributed by atoms with Gasteiger partial charge < -0.3 is 25.1 Å². The predicted molar refractivity (Wildman–Crippen MR) is 99.4 cm³/mol. The second-order valence-corrected chi connectivity index (χ2v) is 6.28. The highest BCUT2D eigenvalue weighted by atomic mass is 16.3. The standard InChI is InChI=1S/C20H20N2O5/c23-16-3-1-2-15(12-16)20(27)22-8-6-21(7-9-22)19(26)5-4-14-10-17(24)13-18(25)11-14/h1-5,10-13,23-25H,6-9H2/b5-4+. The fraction of sp³-hybridized carbons (Fsp3) is 0.200. The van der Waals surface area contributed by atoms with E-state index in [9.17, 15) is 24.9 Å². The van der Waals surface area contributed by atoms with E-state index in [4.69, 9.17) is 0 Å². The average molecular weight is 368 g/mol. The Morgan fingerprint density at radius 2 is 1.44 bits per heavy atom. The lowest BCUT2D eigenvalue weighted by Crippen LogP contribution is -2.50. The van der Waals surface area contributed by atoms with Gasteiger partial charge in [-0.1, -0.05) is 6.07 Å². The molecule has 0 aromatic heterocycles. The Balaban J connectivity index is 1.57. The van der Waals surface area contributed by atoms with E-state index in [-0.39, 0.29) is 29.1 Å². The van der Waals surface area contributed by atoms with Gasteiger partial charge >= 0.3 is 0 Å². The molecule has 0 aliphatic carbocycles. The van der Waals surface area contributed by atoms with Crippen LogP contribution in [0.25, 0.3) is 6.08 Å². The van der Waals surface area contributed by atoms with Crippen molar-refractivity contribution < 1.29 is 24.9 Å². The number of hydrogen-bond acceptors (Lipinski definition) is 5. The van der Waals surface area contributed by atoms with Gasteiger partial charge in [-0.25, -0.2) is 0 Å². The molecule has 0 unspecified atom stereocenters. The normalized spacial score (nSPS) is 14.5. The second kappa shape index (κ2) is 7.82. The lowest BCUT2D eigenvalue weighted by molar-refractivity contribution is -0.127. The predicted octanol–water partition coefficient (Wildman–Crippen LogP) is 1.80. The molecule has 3 N–H and O–H groups in total. The van der Waals surface area contributed by atoms with Gasteiger partial charge in [-0.3, -0.25) is 9.59 Å². The summed E-state index contributed by atoms with van der Waals surface area (Å²) in [6.45, 7) is 1.61. The van der Waals surface area contributed by atoms with Crippen molar-refractivity contribution in [3.05, 3.63) is 59.7 Å². The molecule has 1 aliphatic rings. The average Bonchev–Trinajstić information content (AvgIpc) is 2.65. The molecule has 0 saturated carbocycles. The topological polar surface area (TPSA) is 101 Å². The lowest BCUT2D eigenvalue weighted by Gasteiger charge is -2.34. The zero-order valence-electron chi connectivity index (χ0n) is 14.6. The third-order valence-corrected chi connectivity index (χ3v) is 4.31. The SMILES string of the molecule is O=C(/C=C/c1cc(O)cc(O)c1)N1CCN(C(=O)c2cccc(O)c2)CC1. The molecule has 1 heterocycles. The minimum absolute atomic E-state index is 0.0396. The summed E-state index contributed by atoms with van der Waals surface area (Å²) in [4.78, 5) is 28.0. The Hall–Kier alpha value is -3.48. The Bertz CT molecular complexity index is 865. The molecule has 2 aromatic rings. The zero-order chi connectivity index (χ0) is 19.4. The molecule has 27 heavy (non-hydrogen) atoms. The highest BCUT2D eigenvalue weighted by Crippen LogP contribution is 2.21. The maximum Gasteiger partial charge on any atom is 0.254 e. The van der Waals surface area contributed by atoms with Crippen molar-refractivity contribution in [2.45, 2.75) is 0 Å². The number of amides is 2. The van der Waals surface area contributed by atoms with Crippen molar-refractivity contribution in [3.63, 3.8) is 0 Å². The number of piperazine rings is 1. The van der Waals surface area contributed by atoms with E-state index >= 15 is 0 Å². The minimum atomic E-state index is -0.206. The third-order valence-electron chi connectivity index (χ3n) is 4.31. The number of phenols is 3.